The maximum absolute atomic E-state index is 12.5. The van der Waals surface area contributed by atoms with Gasteiger partial charge in [-0.15, -0.1) is 0 Å². The number of halogens is 3. The van der Waals surface area contributed by atoms with Gasteiger partial charge >= 0.3 is 5.51 Å². The summed E-state index contributed by atoms with van der Waals surface area (Å²) in [5, 5.41) is 9.70. The number of aliphatic hydroxyl groups is 1. The smallest absolute Gasteiger partial charge is 0.490 e. The number of benzene rings is 2. The van der Waals surface area contributed by atoms with E-state index in [4.69, 9.17) is 4.74 Å². The van der Waals surface area contributed by atoms with Gasteiger partial charge < -0.3 is 9.84 Å². The fourth-order valence-electron chi connectivity index (χ4n) is 2.21. The molecular weight excluding hydrogens is 343 g/mol. The Labute approximate surface area is 139 Å². The molecule has 2 rings (SSSR count). The van der Waals surface area contributed by atoms with Crippen molar-refractivity contribution in [2.24, 2.45) is 0 Å². The molecule has 0 fully saturated rings. The monoisotopic (exact) mass is 359 g/mol. The van der Waals surface area contributed by atoms with Crippen molar-refractivity contribution < 1.29 is 27.2 Å². The number of para-hydroxylation sites is 1. The second-order valence-electron chi connectivity index (χ2n) is 4.99. The first-order valence-corrected chi connectivity index (χ1v) is 8.09. The van der Waals surface area contributed by atoms with Crippen molar-refractivity contribution in [3.05, 3.63) is 48.0 Å². The molecular formula is C16H16F3NO3S. The summed E-state index contributed by atoms with van der Waals surface area (Å²) in [6.45, 7) is 1.58. The van der Waals surface area contributed by atoms with Gasteiger partial charge in [0.25, 0.3) is 0 Å². The zero-order valence-electron chi connectivity index (χ0n) is 12.9. The molecule has 0 spiro atoms. The molecule has 0 bridgehead atoms. The third kappa shape index (κ3) is 4.07. The van der Waals surface area contributed by atoms with Gasteiger partial charge in [0, 0.05) is 11.1 Å². The van der Waals surface area contributed by atoms with E-state index in [1.54, 1.807) is 43.3 Å². The molecule has 2 aromatic rings. The lowest BCUT2D eigenvalue weighted by Crippen LogP contribution is -2.23. The molecule has 2 N–H and O–H groups in total. The first-order chi connectivity index (χ1) is 11.2. The number of ether oxygens (including phenoxy) is 1. The van der Waals surface area contributed by atoms with Gasteiger partial charge in [-0.1, -0.05) is 30.3 Å². The Balaban J connectivity index is 2.45. The fourth-order valence-corrected chi connectivity index (χ4v) is 2.70. The number of nitrogens with one attached hydrogen (secondary N) is 1. The van der Waals surface area contributed by atoms with Crippen molar-refractivity contribution >= 4 is 16.7 Å². The van der Waals surface area contributed by atoms with Crippen molar-refractivity contribution in [2.45, 2.75) is 18.5 Å². The molecule has 0 amide bonds. The van der Waals surface area contributed by atoms with E-state index in [9.17, 15) is 22.5 Å². The highest BCUT2D eigenvalue weighted by molar-refractivity contribution is 7.87. The first kappa shape index (κ1) is 18.3. The van der Waals surface area contributed by atoms with E-state index in [0.717, 1.165) is 0 Å². The Hall–Kier alpha value is -2.06. The average Bonchev–Trinajstić information content (AvgIpc) is 2.53. The van der Waals surface area contributed by atoms with Crippen LogP contribution in [0.5, 0.6) is 5.75 Å². The summed E-state index contributed by atoms with van der Waals surface area (Å²) in [7, 11) is -1.77. The third-order valence-corrected chi connectivity index (χ3v) is 4.16. The van der Waals surface area contributed by atoms with Crippen LogP contribution in [0.3, 0.4) is 0 Å². The van der Waals surface area contributed by atoms with Gasteiger partial charge in [0.2, 0.25) is 11.0 Å². The van der Waals surface area contributed by atoms with Gasteiger partial charge in [-0.2, -0.15) is 13.2 Å². The Kier molecular flexibility index (Phi) is 5.51. The maximum Gasteiger partial charge on any atom is 0.490 e. The van der Waals surface area contributed by atoms with Crippen LogP contribution in [-0.2, 0) is 11.0 Å². The lowest BCUT2D eigenvalue weighted by atomic mass is 10.00. The number of anilines is 1. The fraction of sp³-hybridized carbons (Fsp3) is 0.250. The number of methoxy groups -OCH3 is 1. The second kappa shape index (κ2) is 7.23. The van der Waals surface area contributed by atoms with E-state index in [2.05, 4.69) is 0 Å². The molecule has 2 atom stereocenters. The second-order valence-corrected chi connectivity index (χ2v) is 6.20. The molecule has 24 heavy (non-hydrogen) atoms. The van der Waals surface area contributed by atoms with Crippen LogP contribution in [-0.4, -0.2) is 21.9 Å². The van der Waals surface area contributed by atoms with Crippen LogP contribution in [0.15, 0.2) is 42.5 Å². The molecule has 2 aromatic carbocycles. The molecule has 0 aliphatic rings. The van der Waals surface area contributed by atoms with Crippen LogP contribution in [0.4, 0.5) is 18.9 Å². The summed E-state index contributed by atoms with van der Waals surface area (Å²) in [4.78, 5) is 0. The zero-order valence-corrected chi connectivity index (χ0v) is 13.7. The summed E-state index contributed by atoms with van der Waals surface area (Å²) >= 11 is 0. The molecule has 0 saturated heterocycles. The van der Waals surface area contributed by atoms with Crippen molar-refractivity contribution in [1.29, 1.82) is 0 Å². The molecule has 0 aliphatic heterocycles. The normalized spacial score (nSPS) is 14.1. The minimum Gasteiger partial charge on any atom is -0.496 e. The van der Waals surface area contributed by atoms with E-state index >= 15 is 0 Å². The third-order valence-electron chi connectivity index (χ3n) is 3.33. The Morgan fingerprint density at radius 2 is 1.88 bits per heavy atom. The largest absolute Gasteiger partial charge is 0.496 e. The molecule has 2 unspecified atom stereocenters. The predicted octanol–water partition coefficient (Wildman–Crippen LogP) is 4.01. The predicted molar refractivity (Wildman–Crippen MR) is 86.9 cm³/mol. The number of alkyl halides is 3. The minimum atomic E-state index is -4.86. The molecule has 130 valence electrons. The van der Waals surface area contributed by atoms with E-state index in [0.29, 0.717) is 22.4 Å². The highest BCUT2D eigenvalue weighted by atomic mass is 32.2. The lowest BCUT2D eigenvalue weighted by Gasteiger charge is -2.16. The van der Waals surface area contributed by atoms with Crippen LogP contribution in [0.25, 0.3) is 11.1 Å². The quantitative estimate of drug-likeness (QED) is 0.848. The zero-order chi connectivity index (χ0) is 17.9. The first-order valence-electron chi connectivity index (χ1n) is 6.94. The molecule has 0 aromatic heterocycles. The van der Waals surface area contributed by atoms with Gasteiger partial charge in [-0.05, 0) is 24.6 Å². The highest BCUT2D eigenvalue weighted by Gasteiger charge is 2.37. The standard InChI is InChI=1S/C16H16F3NO3S/c1-10(21)12-8-7-11(9-15(12)23-2)13-5-3-4-6-14(13)20-24(22)16(17,18)19/h3-10,20-21H,1-2H3. The van der Waals surface area contributed by atoms with E-state index in [1.165, 1.54) is 13.2 Å². The summed E-state index contributed by atoms with van der Waals surface area (Å²) < 4.78 is 56.1. The van der Waals surface area contributed by atoms with Crippen LogP contribution < -0.4 is 9.46 Å². The Morgan fingerprint density at radius 1 is 1.21 bits per heavy atom. The highest BCUT2D eigenvalue weighted by Crippen LogP contribution is 2.35. The Morgan fingerprint density at radius 3 is 2.46 bits per heavy atom. The van der Waals surface area contributed by atoms with Crippen LogP contribution in [0.2, 0.25) is 0 Å². The molecule has 0 saturated carbocycles. The lowest BCUT2D eigenvalue weighted by molar-refractivity contribution is -0.0379. The Bertz CT molecular complexity index is 748. The van der Waals surface area contributed by atoms with Crippen LogP contribution in [0, 0.1) is 0 Å². The molecule has 0 aliphatic carbocycles. The van der Waals surface area contributed by atoms with Gasteiger partial charge in [0.15, 0.2) is 0 Å². The average molecular weight is 359 g/mol. The summed E-state index contributed by atoms with van der Waals surface area (Å²) in [5.41, 5.74) is -3.21. The number of rotatable bonds is 5. The minimum absolute atomic E-state index is 0.0833. The summed E-state index contributed by atoms with van der Waals surface area (Å²) in [5.74, 6) is 0.411. The van der Waals surface area contributed by atoms with Crippen molar-refractivity contribution in [3.8, 4) is 16.9 Å². The number of hydrogen-bond donors (Lipinski definition) is 2. The van der Waals surface area contributed by atoms with Gasteiger partial charge in [-0.25, -0.2) is 4.21 Å². The molecule has 4 nitrogen and oxygen atoms in total. The van der Waals surface area contributed by atoms with Crippen molar-refractivity contribution in [3.63, 3.8) is 0 Å². The molecule has 0 radical (unpaired) electrons. The van der Waals surface area contributed by atoms with Crippen molar-refractivity contribution in [2.75, 3.05) is 11.8 Å². The van der Waals surface area contributed by atoms with E-state index in [-0.39, 0.29) is 5.69 Å². The van der Waals surface area contributed by atoms with Crippen LogP contribution >= 0.6 is 0 Å². The van der Waals surface area contributed by atoms with Gasteiger partial charge in [-0.3, -0.25) is 4.72 Å². The molecule has 0 heterocycles. The van der Waals surface area contributed by atoms with E-state index in [1.807, 2.05) is 4.72 Å². The summed E-state index contributed by atoms with van der Waals surface area (Å²) in [6, 6.07) is 11.1. The number of hydrogen-bond acceptors (Lipinski definition) is 3. The van der Waals surface area contributed by atoms with Gasteiger partial charge in [0.05, 0.1) is 18.9 Å². The van der Waals surface area contributed by atoms with Crippen LogP contribution in [0.1, 0.15) is 18.6 Å². The van der Waals surface area contributed by atoms with Gasteiger partial charge in [0.1, 0.15) is 5.75 Å². The maximum atomic E-state index is 12.5. The van der Waals surface area contributed by atoms with Crippen molar-refractivity contribution in [1.82, 2.24) is 0 Å². The summed E-state index contributed by atoms with van der Waals surface area (Å²) in [6.07, 6.45) is -0.750. The molecule has 8 heteroatoms. The van der Waals surface area contributed by atoms with E-state index < -0.39 is 22.6 Å². The SMILES string of the molecule is COc1cc(-c2ccccc2NS(=O)C(F)(F)F)ccc1C(C)O. The topological polar surface area (TPSA) is 58.6 Å². The number of aliphatic hydroxyl groups excluding tert-OH is 1.